The Morgan fingerprint density at radius 2 is 1.72 bits per heavy atom. The van der Waals surface area contributed by atoms with Crippen molar-refractivity contribution in [1.82, 2.24) is 10.0 Å². The van der Waals surface area contributed by atoms with E-state index in [1.54, 1.807) is 19.1 Å². The van der Waals surface area contributed by atoms with Gasteiger partial charge in [0, 0.05) is 24.1 Å². The van der Waals surface area contributed by atoms with Gasteiger partial charge in [-0.25, -0.2) is 13.1 Å². The Kier molecular flexibility index (Phi) is 5.98. The Morgan fingerprint density at radius 1 is 1.04 bits per heavy atom. The van der Waals surface area contributed by atoms with E-state index >= 15 is 0 Å². The summed E-state index contributed by atoms with van der Waals surface area (Å²) in [6.07, 6.45) is 0. The first kappa shape index (κ1) is 19.1. The second-order valence-corrected chi connectivity index (χ2v) is 8.23. The van der Waals surface area contributed by atoms with Crippen LogP contribution < -0.4 is 10.0 Å². The molecular formula is C19H24N2O3S. The van der Waals surface area contributed by atoms with E-state index in [-0.39, 0.29) is 16.2 Å². The van der Waals surface area contributed by atoms with Crippen LogP contribution in [0.5, 0.6) is 0 Å². The molecule has 0 aliphatic heterocycles. The molecule has 2 aromatic carbocycles. The summed E-state index contributed by atoms with van der Waals surface area (Å²) < 4.78 is 26.6. The number of hydrogen-bond acceptors (Lipinski definition) is 3. The van der Waals surface area contributed by atoms with Crippen LogP contribution in [0.15, 0.2) is 59.5 Å². The highest BCUT2D eigenvalue weighted by molar-refractivity contribution is 7.89. The van der Waals surface area contributed by atoms with Crippen molar-refractivity contribution in [2.24, 2.45) is 0 Å². The van der Waals surface area contributed by atoms with E-state index in [9.17, 15) is 13.2 Å². The molecule has 0 radical (unpaired) electrons. The van der Waals surface area contributed by atoms with Gasteiger partial charge in [-0.05, 0) is 23.8 Å². The van der Waals surface area contributed by atoms with E-state index in [1.807, 2.05) is 30.3 Å². The number of hydrogen-bond donors (Lipinski definition) is 2. The van der Waals surface area contributed by atoms with Gasteiger partial charge in [0.25, 0.3) is 5.91 Å². The molecule has 0 aromatic heterocycles. The van der Waals surface area contributed by atoms with Gasteiger partial charge in [-0.1, -0.05) is 57.2 Å². The normalized spacial score (nSPS) is 12.0. The molecule has 2 aromatic rings. The maximum atomic E-state index is 12.4. The van der Waals surface area contributed by atoms with Crippen LogP contribution >= 0.6 is 0 Å². The molecule has 0 unspecified atom stereocenters. The van der Waals surface area contributed by atoms with Gasteiger partial charge in [0.05, 0.1) is 4.90 Å². The van der Waals surface area contributed by atoms with E-state index in [1.165, 1.54) is 12.1 Å². The Labute approximate surface area is 149 Å². The standard InChI is InChI=1S/C19H24N2O3S/c1-4-21-25(23,24)17-12-8-9-15(13-17)18(22)20-14-19(2,3)16-10-6-5-7-11-16/h5-13,21H,4,14H2,1-3H3,(H,20,22). The van der Waals surface area contributed by atoms with Gasteiger partial charge in [0.1, 0.15) is 0 Å². The summed E-state index contributed by atoms with van der Waals surface area (Å²) in [5.74, 6) is -0.294. The summed E-state index contributed by atoms with van der Waals surface area (Å²) in [6.45, 7) is 6.55. The van der Waals surface area contributed by atoms with Crippen LogP contribution in [0.3, 0.4) is 0 Å². The molecule has 0 aliphatic carbocycles. The number of benzene rings is 2. The average molecular weight is 360 g/mol. The molecule has 134 valence electrons. The van der Waals surface area contributed by atoms with Crippen LogP contribution in [0, 0.1) is 0 Å². The quantitative estimate of drug-likeness (QED) is 0.797. The largest absolute Gasteiger partial charge is 0.351 e. The monoisotopic (exact) mass is 360 g/mol. The van der Waals surface area contributed by atoms with Crippen LogP contribution in [-0.4, -0.2) is 27.4 Å². The average Bonchev–Trinajstić information content (AvgIpc) is 2.60. The lowest BCUT2D eigenvalue weighted by molar-refractivity contribution is 0.0945. The molecule has 0 aliphatic rings. The fourth-order valence-electron chi connectivity index (χ4n) is 2.47. The molecule has 0 heterocycles. The number of carbonyl (C=O) groups excluding carboxylic acids is 1. The second-order valence-electron chi connectivity index (χ2n) is 6.46. The van der Waals surface area contributed by atoms with E-state index in [0.717, 1.165) is 5.56 Å². The third-order valence-corrected chi connectivity index (χ3v) is 5.53. The number of nitrogens with one attached hydrogen (secondary N) is 2. The molecule has 2 rings (SSSR count). The zero-order valence-electron chi connectivity index (χ0n) is 14.7. The van der Waals surface area contributed by atoms with Gasteiger partial charge in [0.15, 0.2) is 0 Å². The molecule has 0 fully saturated rings. The van der Waals surface area contributed by atoms with E-state index in [2.05, 4.69) is 23.9 Å². The smallest absolute Gasteiger partial charge is 0.251 e. The number of amides is 1. The van der Waals surface area contributed by atoms with Crippen molar-refractivity contribution >= 4 is 15.9 Å². The van der Waals surface area contributed by atoms with Crippen molar-refractivity contribution in [3.63, 3.8) is 0 Å². The molecule has 0 saturated heterocycles. The molecule has 2 N–H and O–H groups in total. The van der Waals surface area contributed by atoms with Crippen molar-refractivity contribution in [1.29, 1.82) is 0 Å². The highest BCUT2D eigenvalue weighted by atomic mass is 32.2. The van der Waals surface area contributed by atoms with Gasteiger partial charge in [-0.3, -0.25) is 4.79 Å². The minimum Gasteiger partial charge on any atom is -0.351 e. The lowest BCUT2D eigenvalue weighted by atomic mass is 9.84. The van der Waals surface area contributed by atoms with Gasteiger partial charge in [-0.2, -0.15) is 0 Å². The zero-order valence-corrected chi connectivity index (χ0v) is 15.6. The predicted octanol–water partition coefficient (Wildman–Crippen LogP) is 2.69. The summed E-state index contributed by atoms with van der Waals surface area (Å²) in [7, 11) is -3.58. The molecule has 0 spiro atoms. The SMILES string of the molecule is CCNS(=O)(=O)c1cccc(C(=O)NCC(C)(C)c2ccccc2)c1. The molecule has 0 saturated carbocycles. The summed E-state index contributed by atoms with van der Waals surface area (Å²) >= 11 is 0. The third kappa shape index (κ3) is 4.90. The molecule has 0 atom stereocenters. The maximum absolute atomic E-state index is 12.4. The van der Waals surface area contributed by atoms with Gasteiger partial charge in [0.2, 0.25) is 10.0 Å². The minimum atomic E-state index is -3.58. The third-order valence-electron chi connectivity index (χ3n) is 3.99. The molecular weight excluding hydrogens is 336 g/mol. The number of sulfonamides is 1. The van der Waals surface area contributed by atoms with E-state index < -0.39 is 10.0 Å². The van der Waals surface area contributed by atoms with E-state index in [0.29, 0.717) is 18.7 Å². The van der Waals surface area contributed by atoms with Gasteiger partial charge in [-0.15, -0.1) is 0 Å². The van der Waals surface area contributed by atoms with Crippen molar-refractivity contribution < 1.29 is 13.2 Å². The number of rotatable bonds is 7. The fraction of sp³-hybridized carbons (Fsp3) is 0.316. The first-order valence-corrected chi connectivity index (χ1v) is 9.68. The van der Waals surface area contributed by atoms with Crippen LogP contribution in [0.1, 0.15) is 36.7 Å². The van der Waals surface area contributed by atoms with Crippen molar-refractivity contribution in [3.8, 4) is 0 Å². The first-order valence-electron chi connectivity index (χ1n) is 8.20. The van der Waals surface area contributed by atoms with Crippen molar-refractivity contribution in [2.45, 2.75) is 31.1 Å². The lowest BCUT2D eigenvalue weighted by Crippen LogP contribution is -2.36. The minimum absolute atomic E-state index is 0.0873. The summed E-state index contributed by atoms with van der Waals surface area (Å²) in [5, 5.41) is 2.89. The maximum Gasteiger partial charge on any atom is 0.251 e. The number of carbonyl (C=O) groups is 1. The van der Waals surface area contributed by atoms with Gasteiger partial charge < -0.3 is 5.32 Å². The molecule has 6 heteroatoms. The Bertz CT molecular complexity index is 831. The van der Waals surface area contributed by atoms with Crippen molar-refractivity contribution in [3.05, 3.63) is 65.7 Å². The van der Waals surface area contributed by atoms with Crippen LogP contribution in [0.25, 0.3) is 0 Å². The highest BCUT2D eigenvalue weighted by Gasteiger charge is 2.22. The Hall–Kier alpha value is -2.18. The van der Waals surface area contributed by atoms with Crippen LogP contribution in [0.4, 0.5) is 0 Å². The first-order chi connectivity index (χ1) is 11.8. The highest BCUT2D eigenvalue weighted by Crippen LogP contribution is 2.22. The molecule has 0 bridgehead atoms. The Morgan fingerprint density at radius 3 is 2.36 bits per heavy atom. The van der Waals surface area contributed by atoms with Crippen molar-refractivity contribution in [2.75, 3.05) is 13.1 Å². The van der Waals surface area contributed by atoms with Gasteiger partial charge >= 0.3 is 0 Å². The topological polar surface area (TPSA) is 75.3 Å². The van der Waals surface area contributed by atoms with Crippen LogP contribution in [-0.2, 0) is 15.4 Å². The predicted molar refractivity (Wildman–Crippen MR) is 99.1 cm³/mol. The summed E-state index contributed by atoms with van der Waals surface area (Å²) in [4.78, 5) is 12.5. The molecule has 1 amide bonds. The molecule has 25 heavy (non-hydrogen) atoms. The summed E-state index contributed by atoms with van der Waals surface area (Å²) in [5.41, 5.74) is 1.21. The second kappa shape index (κ2) is 7.80. The lowest BCUT2D eigenvalue weighted by Gasteiger charge is -2.25. The van der Waals surface area contributed by atoms with Crippen LogP contribution in [0.2, 0.25) is 0 Å². The fourth-order valence-corrected chi connectivity index (χ4v) is 3.56. The summed E-state index contributed by atoms with van der Waals surface area (Å²) in [6, 6.07) is 16.0. The molecule has 5 nitrogen and oxygen atoms in total. The zero-order chi connectivity index (χ0) is 18.5. The van der Waals surface area contributed by atoms with E-state index in [4.69, 9.17) is 0 Å². The Balaban J connectivity index is 2.12.